The average molecular weight is 286 g/mol. The maximum atomic E-state index is 11.5. The highest BCUT2D eigenvalue weighted by atomic mass is 32.2. The lowest BCUT2D eigenvalue weighted by molar-refractivity contribution is 0.454. The predicted octanol–water partition coefficient (Wildman–Crippen LogP) is 1.95. The van der Waals surface area contributed by atoms with Crippen LogP contribution in [0.4, 0.5) is 0 Å². The summed E-state index contributed by atoms with van der Waals surface area (Å²) in [6.07, 6.45) is 0. The Morgan fingerprint density at radius 3 is 2.60 bits per heavy atom. The Kier molecular flexibility index (Phi) is 2.93. The molecule has 2 aromatic carbocycles. The van der Waals surface area contributed by atoms with Crippen LogP contribution in [0.5, 0.6) is 5.75 Å². The molecule has 1 aliphatic heterocycles. The quantitative estimate of drug-likeness (QED) is 0.869. The van der Waals surface area contributed by atoms with Crippen molar-refractivity contribution < 1.29 is 12.6 Å². The molecule has 0 unspecified atom stereocenters. The van der Waals surface area contributed by atoms with Gasteiger partial charge in [-0.25, -0.2) is 0 Å². The molecule has 6 heteroatoms. The molecule has 100 valence electrons. The Hall–Kier alpha value is -2.36. The van der Waals surface area contributed by atoms with Crippen molar-refractivity contribution in [1.82, 2.24) is 4.72 Å². The molecule has 2 aromatic rings. The number of nitrogens with one attached hydrogen (secondary N) is 1. The number of hydrogen-bond acceptors (Lipinski definition) is 4. The van der Waals surface area contributed by atoms with Crippen molar-refractivity contribution in [3.63, 3.8) is 0 Å². The Labute approximate surface area is 116 Å². The minimum absolute atomic E-state index is 0.210. The van der Waals surface area contributed by atoms with Gasteiger partial charge in [-0.3, -0.25) is 0 Å². The number of nitrogens with zero attached hydrogens (tertiary/aromatic N) is 1. The van der Waals surface area contributed by atoms with Crippen molar-refractivity contribution in [2.75, 3.05) is 0 Å². The van der Waals surface area contributed by atoms with Crippen LogP contribution in [0.3, 0.4) is 0 Å². The van der Waals surface area contributed by atoms with Crippen molar-refractivity contribution in [2.24, 2.45) is 0 Å². The normalized spacial score (nSPS) is 15.8. The number of benzene rings is 2. The summed E-state index contributed by atoms with van der Waals surface area (Å²) in [5, 5.41) is 8.80. The van der Waals surface area contributed by atoms with Gasteiger partial charge in [0.25, 0.3) is 0 Å². The van der Waals surface area contributed by atoms with Gasteiger partial charge in [-0.2, -0.15) is 18.4 Å². The van der Waals surface area contributed by atoms with Gasteiger partial charge in [0.2, 0.25) is 0 Å². The SMILES string of the molecule is N#Cc1ccc(-c2cccc3c2OS(=O)(=O)NC3)cc1. The number of rotatable bonds is 1. The molecule has 5 nitrogen and oxygen atoms in total. The molecule has 0 bridgehead atoms. The zero-order valence-electron chi connectivity index (χ0n) is 10.3. The van der Waals surface area contributed by atoms with E-state index in [1.54, 1.807) is 30.3 Å². The van der Waals surface area contributed by atoms with Crippen LogP contribution in [0.25, 0.3) is 11.1 Å². The molecule has 0 atom stereocenters. The minimum atomic E-state index is -3.74. The van der Waals surface area contributed by atoms with Gasteiger partial charge in [-0.1, -0.05) is 30.3 Å². The lowest BCUT2D eigenvalue weighted by Gasteiger charge is -2.20. The van der Waals surface area contributed by atoms with Crippen molar-refractivity contribution in [1.29, 1.82) is 5.26 Å². The first kappa shape index (κ1) is 12.7. The first-order valence-electron chi connectivity index (χ1n) is 5.90. The lowest BCUT2D eigenvalue weighted by atomic mass is 10.0. The first-order valence-corrected chi connectivity index (χ1v) is 7.31. The summed E-state index contributed by atoms with van der Waals surface area (Å²) < 4.78 is 30.4. The lowest BCUT2D eigenvalue weighted by Crippen LogP contribution is -2.32. The van der Waals surface area contributed by atoms with Crippen molar-refractivity contribution in [3.8, 4) is 22.9 Å². The van der Waals surface area contributed by atoms with E-state index in [-0.39, 0.29) is 6.54 Å². The third kappa shape index (κ3) is 2.25. The molecular formula is C14H10N2O3S. The van der Waals surface area contributed by atoms with E-state index >= 15 is 0 Å². The summed E-state index contributed by atoms with van der Waals surface area (Å²) in [7, 11) is -3.74. The summed E-state index contributed by atoms with van der Waals surface area (Å²) in [6, 6.07) is 14.4. The third-order valence-corrected chi connectivity index (χ3v) is 3.94. The van der Waals surface area contributed by atoms with Crippen molar-refractivity contribution in [2.45, 2.75) is 6.54 Å². The van der Waals surface area contributed by atoms with Crippen LogP contribution in [0.2, 0.25) is 0 Å². The van der Waals surface area contributed by atoms with Gasteiger partial charge in [0.05, 0.1) is 11.6 Å². The molecule has 0 spiro atoms. The Balaban J connectivity index is 2.13. The molecule has 0 fully saturated rings. The van der Waals surface area contributed by atoms with E-state index in [1.807, 2.05) is 18.2 Å². The van der Waals surface area contributed by atoms with Crippen LogP contribution < -0.4 is 8.91 Å². The number of hydrogen-bond donors (Lipinski definition) is 1. The molecule has 0 amide bonds. The highest BCUT2D eigenvalue weighted by Gasteiger charge is 2.24. The number of fused-ring (bicyclic) bond motifs is 1. The van der Waals surface area contributed by atoms with Crippen molar-refractivity contribution in [3.05, 3.63) is 53.6 Å². The predicted molar refractivity (Wildman–Crippen MR) is 73.0 cm³/mol. The van der Waals surface area contributed by atoms with E-state index in [1.165, 1.54) is 0 Å². The molecule has 20 heavy (non-hydrogen) atoms. The summed E-state index contributed by atoms with van der Waals surface area (Å²) in [5.41, 5.74) is 2.82. The van der Waals surface area contributed by atoms with E-state index in [0.29, 0.717) is 16.9 Å². The fourth-order valence-electron chi connectivity index (χ4n) is 2.08. The minimum Gasteiger partial charge on any atom is -0.370 e. The maximum absolute atomic E-state index is 11.5. The summed E-state index contributed by atoms with van der Waals surface area (Å²) in [4.78, 5) is 0. The van der Waals surface area contributed by atoms with Gasteiger partial charge >= 0.3 is 10.3 Å². The van der Waals surface area contributed by atoms with E-state index in [9.17, 15) is 8.42 Å². The van der Waals surface area contributed by atoms with Crippen LogP contribution in [0.1, 0.15) is 11.1 Å². The second kappa shape index (κ2) is 4.63. The number of nitriles is 1. The van der Waals surface area contributed by atoms with E-state index in [4.69, 9.17) is 9.44 Å². The van der Waals surface area contributed by atoms with Gasteiger partial charge in [-0.05, 0) is 17.7 Å². The molecule has 0 aliphatic carbocycles. The van der Waals surface area contributed by atoms with Crippen LogP contribution in [0, 0.1) is 11.3 Å². The third-order valence-electron chi connectivity index (χ3n) is 3.05. The zero-order chi connectivity index (χ0) is 14.2. The van der Waals surface area contributed by atoms with Gasteiger partial charge in [0, 0.05) is 17.7 Å². The van der Waals surface area contributed by atoms with Crippen molar-refractivity contribution >= 4 is 10.3 Å². The smallest absolute Gasteiger partial charge is 0.370 e. The molecule has 1 heterocycles. The molecule has 3 rings (SSSR count). The molecular weight excluding hydrogens is 276 g/mol. The molecule has 1 aliphatic rings. The fraction of sp³-hybridized carbons (Fsp3) is 0.0714. The van der Waals surface area contributed by atoms with Crippen LogP contribution >= 0.6 is 0 Å². The molecule has 1 N–H and O–H groups in total. The molecule has 0 aromatic heterocycles. The highest BCUT2D eigenvalue weighted by Crippen LogP contribution is 2.36. The monoisotopic (exact) mass is 286 g/mol. The average Bonchev–Trinajstić information content (AvgIpc) is 2.46. The Morgan fingerprint density at radius 1 is 1.15 bits per heavy atom. The van der Waals surface area contributed by atoms with Crippen LogP contribution in [0.15, 0.2) is 42.5 Å². The second-order valence-electron chi connectivity index (χ2n) is 4.34. The summed E-state index contributed by atoms with van der Waals surface area (Å²) in [5.74, 6) is 0.343. The topological polar surface area (TPSA) is 79.2 Å². The molecule has 0 saturated heterocycles. The van der Waals surface area contributed by atoms with Gasteiger partial charge < -0.3 is 4.18 Å². The van der Waals surface area contributed by atoms with E-state index < -0.39 is 10.3 Å². The Morgan fingerprint density at radius 2 is 1.90 bits per heavy atom. The van der Waals surface area contributed by atoms with Gasteiger partial charge in [0.15, 0.2) is 5.75 Å². The Bertz CT molecular complexity index is 805. The molecule has 0 saturated carbocycles. The summed E-state index contributed by atoms with van der Waals surface area (Å²) in [6.45, 7) is 0.210. The first-order chi connectivity index (χ1) is 9.59. The zero-order valence-corrected chi connectivity index (χ0v) is 11.1. The largest absolute Gasteiger partial charge is 0.382 e. The number of para-hydroxylation sites is 1. The van der Waals surface area contributed by atoms with Crippen LogP contribution in [-0.2, 0) is 16.8 Å². The highest BCUT2D eigenvalue weighted by molar-refractivity contribution is 7.85. The second-order valence-corrected chi connectivity index (χ2v) is 5.71. The van der Waals surface area contributed by atoms with Gasteiger partial charge in [0.1, 0.15) is 0 Å². The van der Waals surface area contributed by atoms with Gasteiger partial charge in [-0.15, -0.1) is 0 Å². The molecule has 0 radical (unpaired) electrons. The standard InChI is InChI=1S/C14H10N2O3S/c15-8-10-4-6-11(7-5-10)13-3-1-2-12-9-16-20(17,18)19-14(12)13/h1-7,16H,9H2. The van der Waals surface area contributed by atoms with Crippen LogP contribution in [-0.4, -0.2) is 8.42 Å². The van der Waals surface area contributed by atoms with E-state index in [2.05, 4.69) is 4.72 Å². The summed E-state index contributed by atoms with van der Waals surface area (Å²) >= 11 is 0. The maximum Gasteiger partial charge on any atom is 0.382 e. The fourth-order valence-corrected chi connectivity index (χ4v) is 2.89. The van der Waals surface area contributed by atoms with E-state index in [0.717, 1.165) is 11.1 Å².